The van der Waals surface area contributed by atoms with Crippen LogP contribution in [-0.2, 0) is 0 Å². The highest BCUT2D eigenvalue weighted by atomic mass is 14.8. The van der Waals surface area contributed by atoms with E-state index in [0.717, 1.165) is 25.9 Å². The SMILES string of the molecule is CNCCC1=CCCN=C1. The molecule has 0 spiro atoms. The molecule has 1 aliphatic rings. The average molecular weight is 138 g/mol. The van der Waals surface area contributed by atoms with Gasteiger partial charge in [-0.1, -0.05) is 6.08 Å². The van der Waals surface area contributed by atoms with Gasteiger partial charge in [0.25, 0.3) is 0 Å². The summed E-state index contributed by atoms with van der Waals surface area (Å²) in [5.41, 5.74) is 1.38. The van der Waals surface area contributed by atoms with Gasteiger partial charge in [0, 0.05) is 12.8 Å². The van der Waals surface area contributed by atoms with Crippen LogP contribution in [0.4, 0.5) is 0 Å². The molecule has 0 aromatic heterocycles. The molecule has 0 bridgehead atoms. The number of aliphatic imine (C=N–C) groups is 1. The van der Waals surface area contributed by atoms with E-state index in [2.05, 4.69) is 16.4 Å². The molecule has 2 nitrogen and oxygen atoms in total. The first kappa shape index (κ1) is 7.48. The van der Waals surface area contributed by atoms with E-state index in [-0.39, 0.29) is 0 Å². The first-order valence-electron chi connectivity index (χ1n) is 3.77. The monoisotopic (exact) mass is 138 g/mol. The van der Waals surface area contributed by atoms with Crippen molar-refractivity contribution in [2.24, 2.45) is 4.99 Å². The van der Waals surface area contributed by atoms with E-state index in [1.54, 1.807) is 0 Å². The number of nitrogens with zero attached hydrogens (tertiary/aromatic N) is 1. The molecule has 1 heterocycles. The number of dihydropyridines is 1. The zero-order valence-electron chi connectivity index (χ0n) is 6.43. The fourth-order valence-corrected chi connectivity index (χ4v) is 0.995. The third-order valence-electron chi connectivity index (χ3n) is 1.59. The third-order valence-corrected chi connectivity index (χ3v) is 1.59. The molecule has 0 radical (unpaired) electrons. The van der Waals surface area contributed by atoms with Crippen molar-refractivity contribution in [1.82, 2.24) is 5.32 Å². The first-order valence-corrected chi connectivity index (χ1v) is 3.77. The Hall–Kier alpha value is -0.630. The summed E-state index contributed by atoms with van der Waals surface area (Å²) in [6.45, 7) is 2.03. The standard InChI is InChI=1S/C8H14N2/c1-9-6-4-8-3-2-5-10-7-8/h3,7,9H,2,4-6H2,1H3. The van der Waals surface area contributed by atoms with Crippen molar-refractivity contribution in [3.05, 3.63) is 11.6 Å². The van der Waals surface area contributed by atoms with Gasteiger partial charge in [-0.05, 0) is 32.0 Å². The maximum absolute atomic E-state index is 4.19. The fraction of sp³-hybridized carbons (Fsp3) is 0.625. The average Bonchev–Trinajstić information content (AvgIpc) is 2.03. The van der Waals surface area contributed by atoms with E-state index < -0.39 is 0 Å². The highest BCUT2D eigenvalue weighted by Crippen LogP contribution is 2.03. The molecule has 1 N–H and O–H groups in total. The molecular weight excluding hydrogens is 124 g/mol. The quantitative estimate of drug-likeness (QED) is 0.618. The van der Waals surface area contributed by atoms with Crippen LogP contribution in [0.2, 0.25) is 0 Å². The fourth-order valence-electron chi connectivity index (χ4n) is 0.995. The van der Waals surface area contributed by atoms with Crippen LogP contribution in [0, 0.1) is 0 Å². The molecule has 0 fully saturated rings. The van der Waals surface area contributed by atoms with Gasteiger partial charge in [0.1, 0.15) is 0 Å². The predicted molar refractivity (Wildman–Crippen MR) is 44.6 cm³/mol. The maximum Gasteiger partial charge on any atom is 0.0424 e. The van der Waals surface area contributed by atoms with Crippen molar-refractivity contribution >= 4 is 6.21 Å². The van der Waals surface area contributed by atoms with Gasteiger partial charge >= 0.3 is 0 Å². The molecule has 0 amide bonds. The number of hydrogen-bond acceptors (Lipinski definition) is 2. The van der Waals surface area contributed by atoms with E-state index in [9.17, 15) is 0 Å². The van der Waals surface area contributed by atoms with Crippen molar-refractivity contribution in [3.8, 4) is 0 Å². The molecule has 0 aromatic rings. The van der Waals surface area contributed by atoms with Gasteiger partial charge in [-0.2, -0.15) is 0 Å². The molecule has 0 atom stereocenters. The van der Waals surface area contributed by atoms with Gasteiger partial charge in [0.15, 0.2) is 0 Å². The Bertz CT molecular complexity index is 147. The molecule has 0 aromatic carbocycles. The first-order chi connectivity index (χ1) is 4.93. The third kappa shape index (κ3) is 2.31. The second kappa shape index (κ2) is 4.23. The summed E-state index contributed by atoms with van der Waals surface area (Å²) in [6, 6.07) is 0. The largest absolute Gasteiger partial charge is 0.319 e. The summed E-state index contributed by atoms with van der Waals surface area (Å²) in [5, 5.41) is 3.11. The molecule has 2 heteroatoms. The molecule has 0 unspecified atom stereocenters. The zero-order valence-corrected chi connectivity index (χ0v) is 6.43. The van der Waals surface area contributed by atoms with E-state index in [1.165, 1.54) is 5.57 Å². The number of nitrogens with one attached hydrogen (secondary N) is 1. The molecular formula is C8H14N2. The maximum atomic E-state index is 4.19. The Labute approximate surface area is 62.0 Å². The Kier molecular flexibility index (Phi) is 3.16. The molecule has 0 saturated heterocycles. The van der Waals surface area contributed by atoms with Gasteiger partial charge in [0.2, 0.25) is 0 Å². The minimum Gasteiger partial charge on any atom is -0.319 e. The minimum atomic E-state index is 0.975. The summed E-state index contributed by atoms with van der Waals surface area (Å²) in [7, 11) is 1.97. The van der Waals surface area contributed by atoms with E-state index in [0.29, 0.717) is 0 Å². The normalized spacial score (nSPS) is 17.1. The number of rotatable bonds is 3. The Morgan fingerprint density at radius 3 is 3.20 bits per heavy atom. The second-order valence-electron chi connectivity index (χ2n) is 2.46. The van der Waals surface area contributed by atoms with Crippen LogP contribution in [0.1, 0.15) is 12.8 Å². The number of hydrogen-bond donors (Lipinski definition) is 1. The van der Waals surface area contributed by atoms with Crippen molar-refractivity contribution in [1.29, 1.82) is 0 Å². The highest BCUT2D eigenvalue weighted by molar-refractivity contribution is 5.79. The van der Waals surface area contributed by atoms with Crippen LogP contribution in [0.3, 0.4) is 0 Å². The van der Waals surface area contributed by atoms with Crippen LogP contribution in [0.25, 0.3) is 0 Å². The van der Waals surface area contributed by atoms with Crippen LogP contribution in [0.5, 0.6) is 0 Å². The lowest BCUT2D eigenvalue weighted by atomic mass is 10.1. The molecule has 1 aliphatic heterocycles. The minimum absolute atomic E-state index is 0.975. The Balaban J connectivity index is 2.26. The van der Waals surface area contributed by atoms with Gasteiger partial charge in [-0.3, -0.25) is 4.99 Å². The lowest BCUT2D eigenvalue weighted by Gasteiger charge is -2.04. The van der Waals surface area contributed by atoms with Crippen LogP contribution >= 0.6 is 0 Å². The smallest absolute Gasteiger partial charge is 0.0424 e. The lowest BCUT2D eigenvalue weighted by Crippen LogP contribution is -2.09. The van der Waals surface area contributed by atoms with Gasteiger partial charge in [-0.15, -0.1) is 0 Å². The topological polar surface area (TPSA) is 24.4 Å². The van der Waals surface area contributed by atoms with Gasteiger partial charge in [-0.25, -0.2) is 0 Å². The highest BCUT2D eigenvalue weighted by Gasteiger charge is 1.95. The molecule has 0 aliphatic carbocycles. The molecule has 10 heavy (non-hydrogen) atoms. The van der Waals surface area contributed by atoms with Crippen molar-refractivity contribution in [3.63, 3.8) is 0 Å². The summed E-state index contributed by atoms with van der Waals surface area (Å²) in [6.07, 6.45) is 6.49. The van der Waals surface area contributed by atoms with Crippen molar-refractivity contribution in [2.75, 3.05) is 20.1 Å². The Morgan fingerprint density at radius 1 is 1.70 bits per heavy atom. The summed E-state index contributed by atoms with van der Waals surface area (Å²) >= 11 is 0. The van der Waals surface area contributed by atoms with Crippen LogP contribution < -0.4 is 5.32 Å². The van der Waals surface area contributed by atoms with E-state index in [4.69, 9.17) is 0 Å². The van der Waals surface area contributed by atoms with Crippen LogP contribution in [-0.4, -0.2) is 26.4 Å². The van der Waals surface area contributed by atoms with Crippen molar-refractivity contribution < 1.29 is 0 Å². The Morgan fingerprint density at radius 2 is 2.60 bits per heavy atom. The van der Waals surface area contributed by atoms with E-state index in [1.807, 2.05) is 13.3 Å². The zero-order chi connectivity index (χ0) is 7.23. The van der Waals surface area contributed by atoms with E-state index >= 15 is 0 Å². The summed E-state index contributed by atoms with van der Waals surface area (Å²) < 4.78 is 0. The molecule has 1 rings (SSSR count). The van der Waals surface area contributed by atoms with Crippen molar-refractivity contribution in [2.45, 2.75) is 12.8 Å². The molecule has 56 valence electrons. The summed E-state index contributed by atoms with van der Waals surface area (Å²) in [5.74, 6) is 0. The predicted octanol–water partition coefficient (Wildman–Crippen LogP) is 0.997. The summed E-state index contributed by atoms with van der Waals surface area (Å²) in [4.78, 5) is 4.19. The van der Waals surface area contributed by atoms with Crippen LogP contribution in [0.15, 0.2) is 16.6 Å². The van der Waals surface area contributed by atoms with Gasteiger partial charge < -0.3 is 5.32 Å². The lowest BCUT2D eigenvalue weighted by molar-refractivity contribution is 0.792. The second-order valence-corrected chi connectivity index (χ2v) is 2.46. The van der Waals surface area contributed by atoms with Gasteiger partial charge in [0.05, 0.1) is 0 Å². The molecule has 0 saturated carbocycles.